The lowest BCUT2D eigenvalue weighted by Crippen LogP contribution is -2.75. The lowest BCUT2D eigenvalue weighted by molar-refractivity contribution is -0.388. The molecular weight excluding hydrogens is 748 g/mol. The Morgan fingerprint density at radius 3 is 2.05 bits per heavy atom. The van der Waals surface area contributed by atoms with Gasteiger partial charge in [-0.3, -0.25) is 14.4 Å². The molecule has 1 spiro atoms. The molecule has 3 heterocycles. The van der Waals surface area contributed by atoms with Gasteiger partial charge in [-0.1, -0.05) is 85.8 Å². The fourth-order valence-electron chi connectivity index (χ4n) is 8.94. The smallest absolute Gasteiger partial charge is 0.330 e. The lowest BCUT2D eigenvalue weighted by atomic mass is 9.71. The van der Waals surface area contributed by atoms with Crippen LogP contribution in [0.15, 0.2) is 36.5 Å². The van der Waals surface area contributed by atoms with E-state index in [0.717, 1.165) is 12.5 Å². The Balaban J connectivity index is 2.06. The molecule has 0 aromatic rings. The zero-order valence-electron chi connectivity index (χ0n) is 36.4. The molecule has 0 saturated carbocycles. The third-order valence-electron chi connectivity index (χ3n) is 13.3. The average molecular weight is 821 g/mol. The lowest BCUT2D eigenvalue weighted by Gasteiger charge is -2.57. The van der Waals surface area contributed by atoms with Gasteiger partial charge in [-0.15, -0.1) is 0 Å². The fraction of sp³-hybridized carbons (Fsp3) is 0.778. The van der Waals surface area contributed by atoms with Gasteiger partial charge in [-0.2, -0.15) is 0 Å². The van der Waals surface area contributed by atoms with Crippen LogP contribution < -0.4 is 0 Å². The van der Waals surface area contributed by atoms with E-state index < -0.39 is 119 Å². The van der Waals surface area contributed by atoms with Gasteiger partial charge in [0, 0.05) is 42.1 Å². The van der Waals surface area contributed by atoms with Crippen molar-refractivity contribution in [1.82, 2.24) is 0 Å². The van der Waals surface area contributed by atoms with Gasteiger partial charge in [0.25, 0.3) is 5.79 Å². The maximum atomic E-state index is 14.0. The molecule has 0 amide bonds. The second-order valence-corrected chi connectivity index (χ2v) is 18.2. The van der Waals surface area contributed by atoms with E-state index >= 15 is 0 Å². The molecule has 3 aliphatic heterocycles. The molecular formula is C45H72O13. The summed E-state index contributed by atoms with van der Waals surface area (Å²) in [6, 6.07) is 0. The molecule has 13 heteroatoms. The van der Waals surface area contributed by atoms with Gasteiger partial charge >= 0.3 is 5.97 Å². The van der Waals surface area contributed by atoms with Crippen molar-refractivity contribution in [2.45, 2.75) is 174 Å². The average Bonchev–Trinajstić information content (AvgIpc) is 3.16. The summed E-state index contributed by atoms with van der Waals surface area (Å²) in [5.74, 6) is -10.5. The fourth-order valence-corrected chi connectivity index (χ4v) is 8.94. The number of hydrogen-bond donors (Lipinski definition) is 6. The Morgan fingerprint density at radius 2 is 1.45 bits per heavy atom. The van der Waals surface area contributed by atoms with E-state index in [1.54, 1.807) is 27.7 Å². The minimum atomic E-state index is -2.23. The third kappa shape index (κ3) is 10.8. The van der Waals surface area contributed by atoms with Crippen molar-refractivity contribution < 1.29 is 64.0 Å². The molecule has 18 atom stereocenters. The second kappa shape index (κ2) is 20.3. The summed E-state index contributed by atoms with van der Waals surface area (Å²) in [6.45, 7) is 17.4. The van der Waals surface area contributed by atoms with E-state index in [9.17, 15) is 49.8 Å². The summed E-state index contributed by atoms with van der Waals surface area (Å²) in [5, 5.41) is 67.3. The topological polar surface area (TPSA) is 217 Å². The molecule has 0 unspecified atom stereocenters. The van der Waals surface area contributed by atoms with Gasteiger partial charge in [-0.25, -0.2) is 4.79 Å². The van der Waals surface area contributed by atoms with Crippen LogP contribution >= 0.6 is 0 Å². The first kappa shape index (κ1) is 49.7. The summed E-state index contributed by atoms with van der Waals surface area (Å²) >= 11 is 0. The van der Waals surface area contributed by atoms with Crippen molar-refractivity contribution in [3.8, 4) is 0 Å². The van der Waals surface area contributed by atoms with Crippen LogP contribution in [-0.2, 0) is 33.4 Å². The quantitative estimate of drug-likeness (QED) is 0.221. The largest absolute Gasteiger partial charge is 0.456 e. The van der Waals surface area contributed by atoms with E-state index in [1.165, 1.54) is 40.7 Å². The molecule has 0 aliphatic carbocycles. The summed E-state index contributed by atoms with van der Waals surface area (Å²) < 4.78 is 19.0. The minimum Gasteiger partial charge on any atom is -0.456 e. The predicted octanol–water partition coefficient (Wildman–Crippen LogP) is 4.18. The van der Waals surface area contributed by atoms with Crippen molar-refractivity contribution in [2.75, 3.05) is 0 Å². The Kier molecular flexibility index (Phi) is 17.4. The predicted molar refractivity (Wildman–Crippen MR) is 217 cm³/mol. The second-order valence-electron chi connectivity index (χ2n) is 18.2. The molecule has 0 aromatic carbocycles. The highest BCUT2D eigenvalue weighted by atomic mass is 16.7. The molecule has 58 heavy (non-hydrogen) atoms. The maximum Gasteiger partial charge on any atom is 0.330 e. The number of ketones is 3. The van der Waals surface area contributed by atoms with Crippen molar-refractivity contribution in [1.29, 1.82) is 0 Å². The number of allylic oxidation sites excluding steroid dienone is 4. The van der Waals surface area contributed by atoms with E-state index in [2.05, 4.69) is 0 Å². The Morgan fingerprint density at radius 1 is 0.828 bits per heavy atom. The maximum absolute atomic E-state index is 14.0. The van der Waals surface area contributed by atoms with Crippen LogP contribution in [0.1, 0.15) is 115 Å². The number of fused-ring (bicyclic) bond motifs is 2. The normalized spacial score (nSPS) is 46.9. The Bertz CT molecular complexity index is 1510. The SMILES string of the molecule is CC[C@H]1/C=C\C=C/C[C@@H](C)[C@H](O)[C@](C)(O)C(=O)[C@@H](C)[C@@H](O)[C@H](C)C(=O)[C@H](C)[C@@H](O)[C@H](C)/C=C/C(=O)O[C@H]2[C@H](C)[C@@H](CC1)O[C@@]1(O[C@@H](C[C@@H](C)O)[C@@H](C)CC1=O)[C@@]2(C)O. The first-order chi connectivity index (χ1) is 26.8. The molecule has 2 saturated heterocycles. The van der Waals surface area contributed by atoms with Gasteiger partial charge in [0.1, 0.15) is 17.5 Å². The van der Waals surface area contributed by atoms with Crippen molar-refractivity contribution >= 4 is 23.3 Å². The van der Waals surface area contributed by atoms with Crippen LogP contribution in [0.5, 0.6) is 0 Å². The highest BCUT2D eigenvalue weighted by Gasteiger charge is 2.69. The summed E-state index contributed by atoms with van der Waals surface area (Å²) in [4.78, 5) is 54.6. The van der Waals surface area contributed by atoms with Crippen LogP contribution in [0.25, 0.3) is 0 Å². The molecule has 2 bridgehead atoms. The van der Waals surface area contributed by atoms with E-state index in [4.69, 9.17) is 14.2 Å². The molecule has 3 rings (SSSR count). The van der Waals surface area contributed by atoms with Crippen molar-refractivity contribution in [3.63, 3.8) is 0 Å². The third-order valence-corrected chi connectivity index (χ3v) is 13.3. The highest BCUT2D eigenvalue weighted by Crippen LogP contribution is 2.49. The van der Waals surface area contributed by atoms with Gasteiger partial charge in [-0.05, 0) is 70.6 Å². The number of carbonyl (C=O) groups is 4. The number of aliphatic hydroxyl groups excluding tert-OH is 4. The number of carbonyl (C=O) groups excluding carboxylic acids is 4. The molecule has 3 aliphatic rings. The summed E-state index contributed by atoms with van der Waals surface area (Å²) in [6.07, 6.45) is 4.55. The molecule has 0 radical (unpaired) electrons. The van der Waals surface area contributed by atoms with Gasteiger partial charge < -0.3 is 44.8 Å². The van der Waals surface area contributed by atoms with Gasteiger partial charge in [0.15, 0.2) is 17.2 Å². The first-order valence-corrected chi connectivity index (χ1v) is 21.2. The van der Waals surface area contributed by atoms with E-state index in [1.807, 2.05) is 38.2 Å². The Labute approximate surface area is 344 Å². The zero-order chi connectivity index (χ0) is 44.1. The number of ether oxygens (including phenoxy) is 3. The van der Waals surface area contributed by atoms with Gasteiger partial charge in [0.05, 0.1) is 36.6 Å². The van der Waals surface area contributed by atoms with Crippen molar-refractivity contribution in [2.24, 2.45) is 47.3 Å². The molecule has 2 fully saturated rings. The van der Waals surface area contributed by atoms with Gasteiger partial charge in [0.2, 0.25) is 0 Å². The van der Waals surface area contributed by atoms with Crippen LogP contribution in [0.4, 0.5) is 0 Å². The van der Waals surface area contributed by atoms with Crippen LogP contribution in [-0.4, -0.2) is 114 Å². The molecule has 13 nitrogen and oxygen atoms in total. The van der Waals surface area contributed by atoms with Crippen LogP contribution in [0, 0.1) is 47.3 Å². The molecule has 330 valence electrons. The van der Waals surface area contributed by atoms with E-state index in [-0.39, 0.29) is 24.7 Å². The zero-order valence-corrected chi connectivity index (χ0v) is 36.4. The Hall–Kier alpha value is -2.62. The standard InChI is InChI=1S/C45H72O13/c1-12-32-17-15-13-14-16-25(3)40(52)43(10,54)41(53)31(9)39(51)30(8)38(50)29(7)37(49)24(2)18-21-36(48)56-42-28(6)33(20-19-32)57-45(44(42,11)55)35(47)22-26(4)34(58-45)23-27(5)46/h13-15,17-18,21,24-34,37,39-40,42,46,49,51-52,54-55H,12,16,19-20,22-23H2,1-11H3/b14-13-,17-15-,21-18+/t24-,25-,26+,27-,28-,29-,30-,31+,32+,33-,34+,37+,39+,40+,42+,43+,44+,45+/m1/s1. The monoisotopic (exact) mass is 820 g/mol. The highest BCUT2D eigenvalue weighted by molar-refractivity contribution is 5.91. The summed E-state index contributed by atoms with van der Waals surface area (Å²) in [7, 11) is 0. The van der Waals surface area contributed by atoms with Crippen LogP contribution in [0.3, 0.4) is 0 Å². The molecule has 6 N–H and O–H groups in total. The number of aliphatic hydroxyl groups is 6. The van der Waals surface area contributed by atoms with Crippen molar-refractivity contribution in [3.05, 3.63) is 36.5 Å². The number of esters is 1. The number of hydrogen-bond acceptors (Lipinski definition) is 13. The van der Waals surface area contributed by atoms with E-state index in [0.29, 0.717) is 19.3 Å². The molecule has 0 aromatic heterocycles. The number of Topliss-reactive ketones (excluding diaryl/α,β-unsaturated/α-hetero) is 3. The summed E-state index contributed by atoms with van der Waals surface area (Å²) in [5.41, 5.74) is -4.38. The minimum absolute atomic E-state index is 0.00618. The number of rotatable bonds is 3. The van der Waals surface area contributed by atoms with Crippen LogP contribution in [0.2, 0.25) is 0 Å². The first-order valence-electron chi connectivity index (χ1n) is 21.2.